The molecular weight excluding hydrogens is 230 g/mol. The molecule has 1 rings (SSSR count). The van der Waals surface area contributed by atoms with Gasteiger partial charge in [0.15, 0.2) is 11.5 Å². The van der Waals surface area contributed by atoms with E-state index in [1.165, 1.54) is 6.07 Å². The van der Waals surface area contributed by atoms with Crippen LogP contribution in [0.2, 0.25) is 0 Å². The Morgan fingerprint density at radius 3 is 2.00 bits per heavy atom. The molecule has 3 N–H and O–H groups in total. The van der Waals surface area contributed by atoms with Crippen molar-refractivity contribution in [2.45, 2.75) is 4.90 Å². The number of para-hydroxylation sites is 1. The van der Waals surface area contributed by atoms with Crippen molar-refractivity contribution in [1.82, 2.24) is 0 Å². The monoisotopic (exact) mass is 238 g/mol. The predicted octanol–water partition coefficient (Wildman–Crippen LogP) is -5.42. The number of rotatable bonds is 1. The molecule has 0 spiro atoms. The molecule has 0 atom stereocenters. The van der Waals surface area contributed by atoms with Crippen molar-refractivity contribution in [3.63, 3.8) is 0 Å². The van der Waals surface area contributed by atoms with Crippen molar-refractivity contribution < 1.29 is 85.2 Å². The van der Waals surface area contributed by atoms with Crippen LogP contribution < -0.4 is 59.1 Å². The molecule has 0 saturated carbocycles. The summed E-state index contributed by atoms with van der Waals surface area (Å²) in [6.07, 6.45) is 0. The average Bonchev–Trinajstić information content (AvgIpc) is 1.92. The number of hydrogen-bond donors (Lipinski definition) is 3. The first-order valence-electron chi connectivity index (χ1n) is 2.91. The van der Waals surface area contributed by atoms with Gasteiger partial charge in [0.25, 0.3) is 10.1 Å². The molecule has 14 heavy (non-hydrogen) atoms. The molecule has 0 radical (unpaired) electrons. The summed E-state index contributed by atoms with van der Waals surface area (Å²) in [4.78, 5) is -0.706. The molecule has 70 valence electrons. The summed E-state index contributed by atoms with van der Waals surface area (Å²) >= 11 is 0. The maximum absolute atomic E-state index is 10.5. The second-order valence-electron chi connectivity index (χ2n) is 2.10. The molecule has 0 saturated heterocycles. The standard InChI is InChI=1S/C6H6O5S.2Na.2H/c7-4-2-1-3-5(6(4)8)12(9,10)11;;;;/h1-3,7-8H,(H,9,10,11);;;;/q;2*+1;2*-1. The van der Waals surface area contributed by atoms with Gasteiger partial charge in [-0.15, -0.1) is 0 Å². The number of phenolic OH excluding ortho intramolecular Hbond substituents is 2. The van der Waals surface area contributed by atoms with Gasteiger partial charge in [-0.3, -0.25) is 4.55 Å². The summed E-state index contributed by atoms with van der Waals surface area (Å²) in [5, 5.41) is 17.8. The second kappa shape index (κ2) is 6.34. The molecular formula is C6H8Na2O5S. The van der Waals surface area contributed by atoms with Crippen molar-refractivity contribution in [2.24, 2.45) is 0 Å². The molecule has 0 aliphatic rings. The summed E-state index contributed by atoms with van der Waals surface area (Å²) in [6, 6.07) is 3.27. The Balaban J connectivity index is -0.000000180. The van der Waals surface area contributed by atoms with Crippen LogP contribution in [-0.4, -0.2) is 23.2 Å². The molecule has 5 nitrogen and oxygen atoms in total. The fraction of sp³-hybridized carbons (Fsp3) is 0. The van der Waals surface area contributed by atoms with Crippen LogP contribution in [-0.2, 0) is 10.1 Å². The van der Waals surface area contributed by atoms with E-state index in [0.29, 0.717) is 0 Å². The van der Waals surface area contributed by atoms with Gasteiger partial charge in [0.1, 0.15) is 4.90 Å². The van der Waals surface area contributed by atoms with Crippen molar-refractivity contribution >= 4 is 10.1 Å². The minimum Gasteiger partial charge on any atom is -1.00 e. The van der Waals surface area contributed by atoms with Crippen LogP contribution in [0.3, 0.4) is 0 Å². The van der Waals surface area contributed by atoms with Gasteiger partial charge in [0, 0.05) is 0 Å². The Hall–Kier alpha value is 0.730. The van der Waals surface area contributed by atoms with Crippen LogP contribution in [0.4, 0.5) is 0 Å². The molecule has 0 fully saturated rings. The van der Waals surface area contributed by atoms with Gasteiger partial charge in [-0.05, 0) is 12.1 Å². The van der Waals surface area contributed by atoms with Crippen molar-refractivity contribution in [3.8, 4) is 11.5 Å². The molecule has 0 bridgehead atoms. The summed E-state index contributed by atoms with van der Waals surface area (Å²) in [5.41, 5.74) is 0. The van der Waals surface area contributed by atoms with Crippen LogP contribution in [0.1, 0.15) is 2.85 Å². The van der Waals surface area contributed by atoms with Crippen LogP contribution in [0, 0.1) is 0 Å². The van der Waals surface area contributed by atoms with Crippen LogP contribution in [0.15, 0.2) is 23.1 Å². The molecule has 0 unspecified atom stereocenters. The maximum Gasteiger partial charge on any atom is 1.00 e. The van der Waals surface area contributed by atoms with Crippen molar-refractivity contribution in [2.75, 3.05) is 0 Å². The molecule has 0 aromatic heterocycles. The van der Waals surface area contributed by atoms with E-state index in [9.17, 15) is 8.42 Å². The third kappa shape index (κ3) is 4.08. The summed E-state index contributed by atoms with van der Waals surface area (Å²) in [6.45, 7) is 0. The van der Waals surface area contributed by atoms with E-state index in [1.54, 1.807) is 0 Å². The van der Waals surface area contributed by atoms with E-state index in [0.717, 1.165) is 12.1 Å². The van der Waals surface area contributed by atoms with E-state index in [1.807, 2.05) is 0 Å². The minimum absolute atomic E-state index is 0. The second-order valence-corrected chi connectivity index (χ2v) is 3.49. The van der Waals surface area contributed by atoms with E-state index in [4.69, 9.17) is 14.8 Å². The molecule has 0 amide bonds. The fourth-order valence-electron chi connectivity index (χ4n) is 0.719. The maximum atomic E-state index is 10.5. The zero-order chi connectivity index (χ0) is 9.35. The van der Waals surface area contributed by atoms with E-state index in [2.05, 4.69) is 0 Å². The van der Waals surface area contributed by atoms with Gasteiger partial charge < -0.3 is 13.1 Å². The normalized spacial score (nSPS) is 9.79. The number of benzene rings is 1. The van der Waals surface area contributed by atoms with E-state index >= 15 is 0 Å². The number of phenols is 2. The molecule has 1 aromatic rings. The molecule has 0 heterocycles. The van der Waals surface area contributed by atoms with Gasteiger partial charge >= 0.3 is 59.1 Å². The number of aromatic hydroxyl groups is 2. The van der Waals surface area contributed by atoms with Crippen LogP contribution in [0.5, 0.6) is 11.5 Å². The van der Waals surface area contributed by atoms with E-state index in [-0.39, 0.29) is 62.0 Å². The first kappa shape index (κ1) is 17.1. The quantitative estimate of drug-likeness (QED) is 0.258. The summed E-state index contributed by atoms with van der Waals surface area (Å²) in [5.74, 6) is -1.44. The molecule has 1 aromatic carbocycles. The van der Waals surface area contributed by atoms with Gasteiger partial charge in [-0.1, -0.05) is 6.07 Å². The molecule has 8 heteroatoms. The first-order chi connectivity index (χ1) is 5.43. The third-order valence-corrected chi connectivity index (χ3v) is 2.14. The zero-order valence-electron chi connectivity index (χ0n) is 9.80. The smallest absolute Gasteiger partial charge is 1.00 e. The first-order valence-corrected chi connectivity index (χ1v) is 4.35. The third-order valence-electron chi connectivity index (χ3n) is 1.26. The fourth-order valence-corrected chi connectivity index (χ4v) is 1.32. The van der Waals surface area contributed by atoms with E-state index < -0.39 is 26.5 Å². The average molecular weight is 238 g/mol. The molecule has 0 aliphatic carbocycles. The SMILES string of the molecule is O=S(=O)(O)c1cccc(O)c1O.[H-].[H-].[Na+].[Na+]. The van der Waals surface area contributed by atoms with Crippen molar-refractivity contribution in [3.05, 3.63) is 18.2 Å². The van der Waals surface area contributed by atoms with Gasteiger partial charge in [0.05, 0.1) is 0 Å². The molecule has 0 aliphatic heterocycles. The van der Waals surface area contributed by atoms with Gasteiger partial charge in [0.2, 0.25) is 0 Å². The summed E-state index contributed by atoms with van der Waals surface area (Å²) in [7, 11) is -4.47. The Bertz CT molecular complexity index is 411. The van der Waals surface area contributed by atoms with Crippen LogP contribution >= 0.6 is 0 Å². The zero-order valence-corrected chi connectivity index (χ0v) is 12.6. The summed E-state index contributed by atoms with van der Waals surface area (Å²) < 4.78 is 29.5. The minimum atomic E-state index is -4.47. The Morgan fingerprint density at radius 2 is 1.64 bits per heavy atom. The topological polar surface area (TPSA) is 94.8 Å². The van der Waals surface area contributed by atoms with Gasteiger partial charge in [-0.2, -0.15) is 8.42 Å². The predicted molar refractivity (Wildman–Crippen MR) is 41.8 cm³/mol. The van der Waals surface area contributed by atoms with Crippen LogP contribution in [0.25, 0.3) is 0 Å². The Morgan fingerprint density at radius 1 is 1.14 bits per heavy atom. The largest absolute Gasteiger partial charge is 1.00 e. The Kier molecular flexibility index (Phi) is 7.76. The van der Waals surface area contributed by atoms with Crippen molar-refractivity contribution in [1.29, 1.82) is 0 Å². The van der Waals surface area contributed by atoms with Gasteiger partial charge in [-0.25, -0.2) is 0 Å². The Labute approximate surface area is 128 Å². The number of hydrogen-bond acceptors (Lipinski definition) is 4.